The fourth-order valence-corrected chi connectivity index (χ4v) is 4.08. The Kier molecular flexibility index (Phi) is 6.21. The molecule has 1 atom stereocenters. The maximum absolute atomic E-state index is 12.6. The van der Waals surface area contributed by atoms with Crippen molar-refractivity contribution < 1.29 is 14.3 Å². The first-order valence-corrected chi connectivity index (χ1v) is 10.7. The van der Waals surface area contributed by atoms with Gasteiger partial charge in [0, 0.05) is 25.7 Å². The number of nitrogens with zero attached hydrogens (tertiary/aromatic N) is 2. The molecule has 0 bridgehead atoms. The molecule has 2 aromatic carbocycles. The summed E-state index contributed by atoms with van der Waals surface area (Å²) in [5.74, 6) is -0.153. The molecule has 1 unspecified atom stereocenters. The number of cyclic esters (lactones) is 1. The number of rotatable bonds is 5. The van der Waals surface area contributed by atoms with Crippen molar-refractivity contribution in [3.63, 3.8) is 0 Å². The number of ether oxygens (including phenoxy) is 1. The molecule has 2 aliphatic heterocycles. The van der Waals surface area contributed by atoms with Crippen LogP contribution in [0.5, 0.6) is 0 Å². The van der Waals surface area contributed by atoms with E-state index in [1.807, 2.05) is 42.5 Å². The molecule has 0 aliphatic carbocycles. The summed E-state index contributed by atoms with van der Waals surface area (Å²) in [5.41, 5.74) is 3.44. The Morgan fingerprint density at radius 1 is 0.968 bits per heavy atom. The van der Waals surface area contributed by atoms with E-state index < -0.39 is 6.09 Å². The van der Waals surface area contributed by atoms with Gasteiger partial charge in [0.25, 0.3) is 0 Å². The number of hydrogen-bond acceptors (Lipinski definition) is 5. The zero-order valence-corrected chi connectivity index (χ0v) is 17.7. The van der Waals surface area contributed by atoms with Crippen molar-refractivity contribution >= 4 is 23.4 Å². The molecule has 0 aromatic heterocycles. The second-order valence-corrected chi connectivity index (χ2v) is 8.02. The second-order valence-electron chi connectivity index (χ2n) is 8.02. The standard InChI is InChI=1S/C24H27N3O4/c1-17(28)25-15-21-16-27(24(30)31-21)20-9-5-18(6-10-20)19-7-11-22(23(29)12-8-19)26-13-3-2-4-14-26/h5-12,21H,2-4,13-16H2,1H3,(H,25,28). The van der Waals surface area contributed by atoms with Crippen molar-refractivity contribution in [1.29, 1.82) is 0 Å². The Morgan fingerprint density at radius 2 is 1.61 bits per heavy atom. The largest absolute Gasteiger partial charge is 0.442 e. The van der Waals surface area contributed by atoms with Gasteiger partial charge in [-0.25, -0.2) is 4.79 Å². The van der Waals surface area contributed by atoms with Gasteiger partial charge in [-0.05, 0) is 54.7 Å². The van der Waals surface area contributed by atoms with Gasteiger partial charge < -0.3 is 15.0 Å². The van der Waals surface area contributed by atoms with Crippen molar-refractivity contribution in [1.82, 2.24) is 5.32 Å². The van der Waals surface area contributed by atoms with Gasteiger partial charge in [0.1, 0.15) is 6.10 Å². The summed E-state index contributed by atoms with van der Waals surface area (Å²) >= 11 is 0. The first-order chi connectivity index (χ1) is 15.0. The molecule has 0 radical (unpaired) electrons. The highest BCUT2D eigenvalue weighted by atomic mass is 16.6. The zero-order chi connectivity index (χ0) is 21.8. The van der Waals surface area contributed by atoms with E-state index in [1.165, 1.54) is 13.3 Å². The SMILES string of the molecule is CC(=O)NCC1CN(c2ccc(-c3ccc(N4CCCCC4)c(=O)cc3)cc2)C(=O)O1. The van der Waals surface area contributed by atoms with Crippen LogP contribution < -0.4 is 20.5 Å². The van der Waals surface area contributed by atoms with Gasteiger partial charge in [-0.15, -0.1) is 0 Å². The van der Waals surface area contributed by atoms with E-state index in [0.717, 1.165) is 48.4 Å². The molecule has 0 saturated carbocycles. The van der Waals surface area contributed by atoms with Gasteiger partial charge in [0.2, 0.25) is 11.3 Å². The van der Waals surface area contributed by atoms with Crippen LogP contribution in [-0.2, 0) is 9.53 Å². The van der Waals surface area contributed by atoms with Crippen LogP contribution in [0, 0.1) is 0 Å². The number of amides is 2. The van der Waals surface area contributed by atoms with Gasteiger partial charge in [-0.2, -0.15) is 0 Å². The van der Waals surface area contributed by atoms with Gasteiger partial charge in [0.15, 0.2) is 0 Å². The number of piperidine rings is 1. The molecular formula is C24H27N3O4. The zero-order valence-electron chi connectivity index (χ0n) is 17.7. The molecule has 4 rings (SSSR count). The molecule has 31 heavy (non-hydrogen) atoms. The van der Waals surface area contributed by atoms with Crippen molar-refractivity contribution in [2.45, 2.75) is 32.3 Å². The lowest BCUT2D eigenvalue weighted by molar-refractivity contribution is -0.119. The fraction of sp³-hybridized carbons (Fsp3) is 0.375. The third kappa shape index (κ3) is 4.87. The first kappa shape index (κ1) is 20.9. The second kappa shape index (κ2) is 9.20. The van der Waals surface area contributed by atoms with Crippen molar-refractivity contribution in [2.75, 3.05) is 36.0 Å². The van der Waals surface area contributed by atoms with Crippen LogP contribution in [0.2, 0.25) is 0 Å². The van der Waals surface area contributed by atoms with Crippen LogP contribution in [0.3, 0.4) is 0 Å². The summed E-state index contributed by atoms with van der Waals surface area (Å²) in [6.45, 7) is 3.98. The monoisotopic (exact) mass is 421 g/mol. The fourth-order valence-electron chi connectivity index (χ4n) is 4.08. The maximum atomic E-state index is 12.6. The summed E-state index contributed by atoms with van der Waals surface area (Å²) in [4.78, 5) is 39.6. The molecule has 2 heterocycles. The van der Waals surface area contributed by atoms with Crippen LogP contribution in [-0.4, -0.2) is 44.3 Å². The third-order valence-electron chi connectivity index (χ3n) is 5.75. The number of nitrogens with one attached hydrogen (secondary N) is 1. The highest BCUT2D eigenvalue weighted by Crippen LogP contribution is 2.26. The summed E-state index contributed by atoms with van der Waals surface area (Å²) < 4.78 is 5.32. The Morgan fingerprint density at radius 3 is 2.29 bits per heavy atom. The Balaban J connectivity index is 1.49. The number of benzene rings is 1. The van der Waals surface area contributed by atoms with Crippen LogP contribution in [0.25, 0.3) is 11.1 Å². The van der Waals surface area contributed by atoms with Crippen LogP contribution in [0.4, 0.5) is 16.2 Å². The van der Waals surface area contributed by atoms with E-state index >= 15 is 0 Å². The minimum atomic E-state index is -0.420. The normalized spacial score (nSPS) is 18.6. The lowest BCUT2D eigenvalue weighted by Crippen LogP contribution is -2.33. The maximum Gasteiger partial charge on any atom is 0.414 e. The summed E-state index contributed by atoms with van der Waals surface area (Å²) in [6.07, 6.45) is 2.68. The average molecular weight is 421 g/mol. The minimum absolute atomic E-state index is 0.0368. The molecule has 0 spiro atoms. The van der Waals surface area contributed by atoms with Crippen LogP contribution in [0.15, 0.2) is 53.3 Å². The molecular weight excluding hydrogens is 394 g/mol. The Labute approximate surface area is 181 Å². The smallest absolute Gasteiger partial charge is 0.414 e. The Bertz CT molecular complexity index is 1020. The van der Waals surface area contributed by atoms with Gasteiger partial charge in [0.05, 0.1) is 18.8 Å². The van der Waals surface area contributed by atoms with E-state index in [9.17, 15) is 14.4 Å². The predicted molar refractivity (Wildman–Crippen MR) is 121 cm³/mol. The van der Waals surface area contributed by atoms with E-state index in [0.29, 0.717) is 13.1 Å². The van der Waals surface area contributed by atoms with Gasteiger partial charge >= 0.3 is 6.09 Å². The van der Waals surface area contributed by atoms with Crippen molar-refractivity contribution in [3.05, 3.63) is 58.8 Å². The molecule has 2 aliphatic rings. The molecule has 2 aromatic rings. The van der Waals surface area contributed by atoms with Gasteiger partial charge in [-0.3, -0.25) is 14.5 Å². The first-order valence-electron chi connectivity index (χ1n) is 10.7. The summed E-state index contributed by atoms with van der Waals surface area (Å²) in [5, 5.41) is 2.67. The number of anilines is 2. The average Bonchev–Trinajstić information content (AvgIpc) is 3.04. The molecule has 2 fully saturated rings. The van der Waals surface area contributed by atoms with Crippen LogP contribution in [0.1, 0.15) is 26.2 Å². The number of hydrogen-bond donors (Lipinski definition) is 1. The molecule has 2 amide bonds. The van der Waals surface area contributed by atoms with Crippen molar-refractivity contribution in [2.24, 2.45) is 0 Å². The minimum Gasteiger partial charge on any atom is -0.442 e. The Hall–Kier alpha value is -3.35. The highest BCUT2D eigenvalue weighted by molar-refractivity contribution is 5.90. The summed E-state index contributed by atoms with van der Waals surface area (Å²) in [6, 6.07) is 15.0. The lowest BCUT2D eigenvalue weighted by atomic mass is 10.1. The summed E-state index contributed by atoms with van der Waals surface area (Å²) in [7, 11) is 0. The number of carbonyl (C=O) groups is 2. The van der Waals surface area contributed by atoms with E-state index in [-0.39, 0.29) is 17.4 Å². The highest BCUT2D eigenvalue weighted by Gasteiger charge is 2.32. The van der Waals surface area contributed by atoms with E-state index in [2.05, 4.69) is 10.2 Å². The number of carbonyl (C=O) groups excluding carboxylic acids is 2. The third-order valence-corrected chi connectivity index (χ3v) is 5.75. The van der Waals surface area contributed by atoms with Gasteiger partial charge in [-0.1, -0.05) is 24.3 Å². The topological polar surface area (TPSA) is 79.0 Å². The molecule has 162 valence electrons. The van der Waals surface area contributed by atoms with Crippen molar-refractivity contribution in [3.8, 4) is 11.1 Å². The predicted octanol–water partition coefficient (Wildman–Crippen LogP) is 3.17. The molecule has 7 nitrogen and oxygen atoms in total. The lowest BCUT2D eigenvalue weighted by Gasteiger charge is -2.27. The van der Waals surface area contributed by atoms with Crippen LogP contribution >= 0.6 is 0 Å². The van der Waals surface area contributed by atoms with E-state index in [4.69, 9.17) is 4.74 Å². The molecule has 1 N–H and O–H groups in total. The molecule has 7 heteroatoms. The van der Waals surface area contributed by atoms with E-state index in [1.54, 1.807) is 11.0 Å². The molecule has 2 saturated heterocycles. The quantitative estimate of drug-likeness (QED) is 0.802.